The Morgan fingerprint density at radius 1 is 1.21 bits per heavy atom. The van der Waals surface area contributed by atoms with Crippen molar-refractivity contribution in [3.05, 3.63) is 28.8 Å². The number of cyclic esters (lactones) is 1. The minimum atomic E-state index is -4.44. The molecule has 24 heavy (non-hydrogen) atoms. The second kappa shape index (κ2) is 6.11. The SMILES string of the molecule is Cc1cc(OCC(F)(F)F)cc(C)c1C1C(=O)OCC(C)(C)C1=O. The molecule has 1 heterocycles. The third-order valence-corrected chi connectivity index (χ3v) is 4.00. The van der Waals surface area contributed by atoms with Crippen molar-refractivity contribution in [3.8, 4) is 5.75 Å². The van der Waals surface area contributed by atoms with Gasteiger partial charge in [-0.1, -0.05) is 0 Å². The third kappa shape index (κ3) is 3.71. The molecule has 0 amide bonds. The Morgan fingerprint density at radius 3 is 2.25 bits per heavy atom. The van der Waals surface area contributed by atoms with Gasteiger partial charge in [0.15, 0.2) is 12.4 Å². The van der Waals surface area contributed by atoms with Crippen molar-refractivity contribution in [1.82, 2.24) is 0 Å². The Bertz CT molecular complexity index is 654. The fourth-order valence-electron chi connectivity index (χ4n) is 2.79. The fourth-order valence-corrected chi connectivity index (χ4v) is 2.79. The fraction of sp³-hybridized carbons (Fsp3) is 0.529. The third-order valence-electron chi connectivity index (χ3n) is 4.00. The molecule has 132 valence electrons. The highest BCUT2D eigenvalue weighted by atomic mass is 19.4. The minimum absolute atomic E-state index is 0.0199. The average Bonchev–Trinajstić information content (AvgIpc) is 2.43. The summed E-state index contributed by atoms with van der Waals surface area (Å²) in [4.78, 5) is 24.7. The number of carbonyl (C=O) groups excluding carboxylic acids is 2. The van der Waals surface area contributed by atoms with Gasteiger partial charge >= 0.3 is 12.1 Å². The maximum absolute atomic E-state index is 12.6. The van der Waals surface area contributed by atoms with Crippen molar-refractivity contribution in [1.29, 1.82) is 0 Å². The Hall–Kier alpha value is -2.05. The van der Waals surface area contributed by atoms with E-state index in [4.69, 9.17) is 9.47 Å². The lowest BCUT2D eigenvalue weighted by molar-refractivity contribution is -0.162. The molecule has 0 N–H and O–H groups in total. The van der Waals surface area contributed by atoms with Gasteiger partial charge in [-0.05, 0) is 56.5 Å². The normalized spacial score (nSPS) is 20.7. The van der Waals surface area contributed by atoms with E-state index in [1.54, 1.807) is 27.7 Å². The molecule has 0 aromatic heterocycles. The van der Waals surface area contributed by atoms with Crippen LogP contribution >= 0.6 is 0 Å². The summed E-state index contributed by atoms with van der Waals surface area (Å²) < 4.78 is 46.7. The summed E-state index contributed by atoms with van der Waals surface area (Å²) in [5.41, 5.74) is 0.695. The maximum Gasteiger partial charge on any atom is 0.422 e. The van der Waals surface area contributed by atoms with Gasteiger partial charge in [-0.3, -0.25) is 9.59 Å². The molecule has 1 aromatic carbocycles. The van der Waals surface area contributed by atoms with Crippen LogP contribution in [-0.4, -0.2) is 31.1 Å². The largest absolute Gasteiger partial charge is 0.484 e. The number of alkyl halides is 3. The van der Waals surface area contributed by atoms with E-state index < -0.39 is 30.1 Å². The van der Waals surface area contributed by atoms with Crippen LogP contribution in [0.2, 0.25) is 0 Å². The summed E-state index contributed by atoms with van der Waals surface area (Å²) >= 11 is 0. The minimum Gasteiger partial charge on any atom is -0.484 e. The van der Waals surface area contributed by atoms with Crippen LogP contribution in [0.25, 0.3) is 0 Å². The Labute approximate surface area is 137 Å². The Morgan fingerprint density at radius 2 is 1.75 bits per heavy atom. The number of esters is 1. The molecule has 0 saturated carbocycles. The van der Waals surface area contributed by atoms with Crippen LogP contribution in [-0.2, 0) is 14.3 Å². The zero-order chi connectivity index (χ0) is 18.3. The van der Waals surface area contributed by atoms with E-state index in [2.05, 4.69) is 0 Å². The second-order valence-corrected chi connectivity index (χ2v) is 6.66. The smallest absolute Gasteiger partial charge is 0.422 e. The molecule has 7 heteroatoms. The molecule has 4 nitrogen and oxygen atoms in total. The molecule has 0 bridgehead atoms. The van der Waals surface area contributed by atoms with Crippen molar-refractivity contribution < 1.29 is 32.2 Å². The van der Waals surface area contributed by atoms with Gasteiger partial charge in [-0.25, -0.2) is 0 Å². The lowest BCUT2D eigenvalue weighted by Crippen LogP contribution is -2.44. The van der Waals surface area contributed by atoms with Crippen LogP contribution in [0.3, 0.4) is 0 Å². The first-order valence-electron chi connectivity index (χ1n) is 7.44. The van der Waals surface area contributed by atoms with Gasteiger partial charge in [0.2, 0.25) is 0 Å². The second-order valence-electron chi connectivity index (χ2n) is 6.66. The van der Waals surface area contributed by atoms with Gasteiger partial charge in [0.25, 0.3) is 0 Å². The van der Waals surface area contributed by atoms with Crippen molar-refractivity contribution in [2.45, 2.75) is 39.8 Å². The summed E-state index contributed by atoms with van der Waals surface area (Å²) in [6, 6.07) is 2.80. The number of hydrogen-bond donors (Lipinski definition) is 0. The predicted molar refractivity (Wildman–Crippen MR) is 80.0 cm³/mol. The zero-order valence-corrected chi connectivity index (χ0v) is 13.9. The summed E-state index contributed by atoms with van der Waals surface area (Å²) in [6.07, 6.45) is -4.44. The van der Waals surface area contributed by atoms with Gasteiger partial charge in [0.1, 0.15) is 18.3 Å². The Kier molecular flexibility index (Phi) is 4.65. The van der Waals surface area contributed by atoms with E-state index in [0.717, 1.165) is 0 Å². The molecule has 1 saturated heterocycles. The molecular weight excluding hydrogens is 325 g/mol. The summed E-state index contributed by atoms with van der Waals surface area (Å²) in [6.45, 7) is 5.27. The molecule has 1 unspecified atom stereocenters. The lowest BCUT2D eigenvalue weighted by atomic mass is 9.75. The van der Waals surface area contributed by atoms with Crippen LogP contribution in [0.4, 0.5) is 13.2 Å². The molecule has 1 atom stereocenters. The van der Waals surface area contributed by atoms with E-state index in [-0.39, 0.29) is 18.1 Å². The number of carbonyl (C=O) groups is 2. The topological polar surface area (TPSA) is 52.6 Å². The molecule has 0 spiro atoms. The first-order valence-corrected chi connectivity index (χ1v) is 7.44. The first-order chi connectivity index (χ1) is 10.9. The van der Waals surface area contributed by atoms with Crippen molar-refractivity contribution >= 4 is 11.8 Å². The number of rotatable bonds is 3. The summed E-state index contributed by atoms with van der Waals surface area (Å²) in [7, 11) is 0. The monoisotopic (exact) mass is 344 g/mol. The zero-order valence-electron chi connectivity index (χ0n) is 13.9. The molecule has 1 aromatic rings. The van der Waals surface area contributed by atoms with Gasteiger partial charge < -0.3 is 9.47 Å². The lowest BCUT2D eigenvalue weighted by Gasteiger charge is -2.33. The van der Waals surface area contributed by atoms with Crippen molar-refractivity contribution in [2.24, 2.45) is 5.41 Å². The van der Waals surface area contributed by atoms with Crippen LogP contribution in [0.1, 0.15) is 36.5 Å². The number of halogens is 3. The quantitative estimate of drug-likeness (QED) is 0.622. The highest BCUT2D eigenvalue weighted by Gasteiger charge is 2.46. The van der Waals surface area contributed by atoms with E-state index >= 15 is 0 Å². The summed E-state index contributed by atoms with van der Waals surface area (Å²) in [5.74, 6) is -1.91. The van der Waals surface area contributed by atoms with Gasteiger partial charge in [-0.15, -0.1) is 0 Å². The van der Waals surface area contributed by atoms with E-state index in [1.165, 1.54) is 12.1 Å². The number of ether oxygens (including phenoxy) is 2. The first kappa shape index (κ1) is 18.3. The molecule has 0 aliphatic carbocycles. The predicted octanol–water partition coefficient (Wildman–Crippen LogP) is 3.48. The average molecular weight is 344 g/mol. The van der Waals surface area contributed by atoms with Crippen molar-refractivity contribution in [2.75, 3.05) is 13.2 Å². The number of aryl methyl sites for hydroxylation is 2. The van der Waals surface area contributed by atoms with Gasteiger partial charge in [-0.2, -0.15) is 13.2 Å². The van der Waals surface area contributed by atoms with Crippen molar-refractivity contribution in [3.63, 3.8) is 0 Å². The number of benzene rings is 1. The van der Waals surface area contributed by atoms with E-state index in [0.29, 0.717) is 16.7 Å². The molecular formula is C17H19F3O4. The highest BCUT2D eigenvalue weighted by molar-refractivity contribution is 6.09. The van der Waals surface area contributed by atoms with Crippen LogP contribution < -0.4 is 4.74 Å². The van der Waals surface area contributed by atoms with Gasteiger partial charge in [0.05, 0.1) is 5.41 Å². The van der Waals surface area contributed by atoms with E-state index in [9.17, 15) is 22.8 Å². The Balaban J connectivity index is 2.37. The molecule has 1 aliphatic heterocycles. The molecule has 1 aliphatic rings. The van der Waals surface area contributed by atoms with Crippen LogP contribution in [0.5, 0.6) is 5.75 Å². The highest BCUT2D eigenvalue weighted by Crippen LogP contribution is 2.38. The standard InChI is InChI=1S/C17H19F3O4/c1-9-5-11(23-8-17(18,19)20)6-10(2)12(9)13-14(21)16(3,4)7-24-15(13)22/h5-6,13H,7-8H2,1-4H3. The van der Waals surface area contributed by atoms with Gasteiger partial charge in [0, 0.05) is 0 Å². The summed E-state index contributed by atoms with van der Waals surface area (Å²) in [5, 5.41) is 0. The number of hydrogen-bond acceptors (Lipinski definition) is 4. The number of ketones is 1. The van der Waals surface area contributed by atoms with Crippen LogP contribution in [0.15, 0.2) is 12.1 Å². The number of Topliss-reactive ketones (excluding diaryl/α,β-unsaturated/α-hetero) is 1. The molecule has 2 rings (SSSR count). The molecule has 0 radical (unpaired) electrons. The molecule has 1 fully saturated rings. The van der Waals surface area contributed by atoms with Crippen LogP contribution in [0, 0.1) is 19.3 Å². The maximum atomic E-state index is 12.6. The van der Waals surface area contributed by atoms with E-state index in [1.807, 2.05) is 0 Å².